The SMILES string of the molecule is CCCCCN1CCN(c2ccccc2-c2ccc(CCl)c(=O)[nH]2)CC1. The lowest BCUT2D eigenvalue weighted by molar-refractivity contribution is 0.253. The molecule has 140 valence electrons. The molecule has 0 spiro atoms. The molecule has 0 aliphatic carbocycles. The van der Waals surface area contributed by atoms with Crippen LogP contribution in [-0.2, 0) is 5.88 Å². The molecule has 0 amide bonds. The number of aromatic amines is 1. The molecule has 2 aromatic rings. The number of hydrogen-bond acceptors (Lipinski definition) is 3. The molecule has 4 nitrogen and oxygen atoms in total. The number of para-hydroxylation sites is 1. The van der Waals surface area contributed by atoms with Gasteiger partial charge < -0.3 is 9.88 Å². The van der Waals surface area contributed by atoms with E-state index in [4.69, 9.17) is 11.6 Å². The standard InChI is InChI=1S/C21H28ClN3O/c1-2-3-6-11-24-12-14-25(15-13-24)20-8-5-4-7-18(20)19-10-9-17(16-22)21(26)23-19/h4-5,7-10H,2-3,6,11-16H2,1H3,(H,23,26). The maximum Gasteiger partial charge on any atom is 0.252 e. The van der Waals surface area contributed by atoms with E-state index in [0.29, 0.717) is 5.56 Å². The van der Waals surface area contributed by atoms with E-state index in [1.165, 1.54) is 31.5 Å². The maximum atomic E-state index is 12.1. The van der Waals surface area contributed by atoms with E-state index in [-0.39, 0.29) is 11.4 Å². The predicted octanol–water partition coefficient (Wildman–Crippen LogP) is 4.09. The molecule has 1 aliphatic rings. The van der Waals surface area contributed by atoms with Gasteiger partial charge in [0.1, 0.15) is 0 Å². The van der Waals surface area contributed by atoms with Crippen LogP contribution in [0.1, 0.15) is 31.7 Å². The largest absolute Gasteiger partial charge is 0.368 e. The Morgan fingerprint density at radius 1 is 1.04 bits per heavy atom. The molecule has 1 N–H and O–H groups in total. The lowest BCUT2D eigenvalue weighted by atomic mass is 10.1. The molecule has 2 heterocycles. The second-order valence-electron chi connectivity index (χ2n) is 6.91. The zero-order valence-electron chi connectivity index (χ0n) is 15.5. The minimum Gasteiger partial charge on any atom is -0.368 e. The highest BCUT2D eigenvalue weighted by Gasteiger charge is 2.19. The Kier molecular flexibility index (Phi) is 6.75. The summed E-state index contributed by atoms with van der Waals surface area (Å²) < 4.78 is 0. The minimum atomic E-state index is -0.104. The fourth-order valence-corrected chi connectivity index (χ4v) is 3.75. The van der Waals surface area contributed by atoms with Crippen molar-refractivity contribution in [1.29, 1.82) is 0 Å². The van der Waals surface area contributed by atoms with Crippen molar-refractivity contribution >= 4 is 17.3 Å². The number of pyridine rings is 1. The fourth-order valence-electron chi connectivity index (χ4n) is 3.54. The van der Waals surface area contributed by atoms with Gasteiger partial charge in [-0.15, -0.1) is 11.6 Å². The second-order valence-corrected chi connectivity index (χ2v) is 7.18. The van der Waals surface area contributed by atoms with Gasteiger partial charge >= 0.3 is 0 Å². The third-order valence-electron chi connectivity index (χ3n) is 5.12. The molecule has 3 rings (SSSR count). The molecule has 1 saturated heterocycles. The van der Waals surface area contributed by atoms with Crippen LogP contribution >= 0.6 is 11.6 Å². The van der Waals surface area contributed by atoms with E-state index in [9.17, 15) is 4.79 Å². The summed E-state index contributed by atoms with van der Waals surface area (Å²) in [5, 5.41) is 0. The number of piperazine rings is 1. The van der Waals surface area contributed by atoms with Gasteiger partial charge in [0.25, 0.3) is 5.56 Å². The first-order valence-corrected chi connectivity index (χ1v) is 10.1. The van der Waals surface area contributed by atoms with Gasteiger partial charge in [-0.05, 0) is 25.1 Å². The first-order valence-electron chi connectivity index (χ1n) is 9.57. The van der Waals surface area contributed by atoms with Crippen LogP contribution in [0.4, 0.5) is 5.69 Å². The number of nitrogens with zero attached hydrogens (tertiary/aromatic N) is 2. The van der Waals surface area contributed by atoms with Gasteiger partial charge in [-0.2, -0.15) is 0 Å². The van der Waals surface area contributed by atoms with Gasteiger partial charge in [0.15, 0.2) is 0 Å². The summed E-state index contributed by atoms with van der Waals surface area (Å²) in [5.41, 5.74) is 3.62. The number of anilines is 1. The molecule has 1 fully saturated rings. The lowest BCUT2D eigenvalue weighted by Crippen LogP contribution is -2.46. The number of hydrogen-bond donors (Lipinski definition) is 1. The predicted molar refractivity (Wildman–Crippen MR) is 110 cm³/mol. The summed E-state index contributed by atoms with van der Waals surface area (Å²) >= 11 is 5.81. The average molecular weight is 374 g/mol. The van der Waals surface area contributed by atoms with Crippen molar-refractivity contribution in [3.8, 4) is 11.3 Å². The van der Waals surface area contributed by atoms with Crippen molar-refractivity contribution in [2.24, 2.45) is 0 Å². The number of aromatic nitrogens is 1. The van der Waals surface area contributed by atoms with Crippen LogP contribution in [-0.4, -0.2) is 42.6 Å². The summed E-state index contributed by atoms with van der Waals surface area (Å²) in [6.07, 6.45) is 3.88. The second kappa shape index (κ2) is 9.24. The zero-order valence-corrected chi connectivity index (χ0v) is 16.3. The molecule has 0 radical (unpaired) electrons. The number of rotatable bonds is 7. The van der Waals surface area contributed by atoms with Crippen LogP contribution in [0, 0.1) is 0 Å². The third kappa shape index (κ3) is 4.49. The summed E-state index contributed by atoms with van der Waals surface area (Å²) in [6, 6.07) is 12.1. The molecule has 1 aliphatic heterocycles. The van der Waals surface area contributed by atoms with Gasteiger partial charge in [0.05, 0.1) is 11.6 Å². The smallest absolute Gasteiger partial charge is 0.252 e. The Morgan fingerprint density at radius 3 is 2.50 bits per heavy atom. The van der Waals surface area contributed by atoms with Gasteiger partial charge in [-0.3, -0.25) is 9.69 Å². The summed E-state index contributed by atoms with van der Waals surface area (Å²) in [6.45, 7) is 7.69. The van der Waals surface area contributed by atoms with E-state index in [1.807, 2.05) is 18.2 Å². The van der Waals surface area contributed by atoms with E-state index in [0.717, 1.165) is 37.4 Å². The number of benzene rings is 1. The Balaban J connectivity index is 1.74. The molecule has 0 saturated carbocycles. The van der Waals surface area contributed by atoms with E-state index in [2.05, 4.69) is 39.9 Å². The molecule has 26 heavy (non-hydrogen) atoms. The number of H-pyrrole nitrogens is 1. The van der Waals surface area contributed by atoms with Gasteiger partial charge in [0, 0.05) is 43.0 Å². The fraction of sp³-hybridized carbons (Fsp3) is 0.476. The average Bonchev–Trinajstić information content (AvgIpc) is 2.69. The minimum absolute atomic E-state index is 0.104. The monoisotopic (exact) mass is 373 g/mol. The van der Waals surface area contributed by atoms with E-state index < -0.39 is 0 Å². The number of alkyl halides is 1. The van der Waals surface area contributed by atoms with Crippen molar-refractivity contribution in [3.63, 3.8) is 0 Å². The Bertz CT molecular complexity index is 766. The Hall–Kier alpha value is -1.78. The van der Waals surface area contributed by atoms with E-state index >= 15 is 0 Å². The molecule has 1 aromatic carbocycles. The number of unbranched alkanes of at least 4 members (excludes halogenated alkanes) is 2. The molecular formula is C21H28ClN3O. The van der Waals surface area contributed by atoms with Crippen molar-refractivity contribution < 1.29 is 0 Å². The quantitative estimate of drug-likeness (QED) is 0.586. The normalized spacial score (nSPS) is 15.4. The maximum absolute atomic E-state index is 12.1. The molecule has 0 bridgehead atoms. The van der Waals surface area contributed by atoms with Crippen LogP contribution < -0.4 is 10.5 Å². The molecule has 1 aromatic heterocycles. The first-order chi connectivity index (χ1) is 12.7. The number of halogens is 1. The highest BCUT2D eigenvalue weighted by molar-refractivity contribution is 6.17. The highest BCUT2D eigenvalue weighted by Crippen LogP contribution is 2.30. The van der Waals surface area contributed by atoms with Crippen LogP contribution in [0.25, 0.3) is 11.3 Å². The van der Waals surface area contributed by atoms with Crippen molar-refractivity contribution in [1.82, 2.24) is 9.88 Å². The number of nitrogens with one attached hydrogen (secondary N) is 1. The van der Waals surface area contributed by atoms with Crippen LogP contribution in [0.5, 0.6) is 0 Å². The Labute approximate surface area is 160 Å². The van der Waals surface area contributed by atoms with Gasteiger partial charge in [-0.1, -0.05) is 44.0 Å². The zero-order chi connectivity index (χ0) is 18.4. The molecular weight excluding hydrogens is 346 g/mol. The molecule has 0 atom stereocenters. The first kappa shape index (κ1) is 19.0. The van der Waals surface area contributed by atoms with Crippen molar-refractivity contribution in [2.75, 3.05) is 37.6 Å². The summed E-state index contributed by atoms with van der Waals surface area (Å²) in [4.78, 5) is 20.1. The van der Waals surface area contributed by atoms with Crippen molar-refractivity contribution in [2.45, 2.75) is 32.1 Å². The molecule has 0 unspecified atom stereocenters. The third-order valence-corrected chi connectivity index (χ3v) is 5.41. The summed E-state index contributed by atoms with van der Waals surface area (Å²) in [5.74, 6) is 0.233. The Morgan fingerprint density at radius 2 is 1.81 bits per heavy atom. The topological polar surface area (TPSA) is 39.3 Å². The van der Waals surface area contributed by atoms with Crippen molar-refractivity contribution in [3.05, 3.63) is 52.3 Å². The molecule has 5 heteroatoms. The summed E-state index contributed by atoms with van der Waals surface area (Å²) in [7, 11) is 0. The van der Waals surface area contributed by atoms with E-state index in [1.54, 1.807) is 0 Å². The van der Waals surface area contributed by atoms with Crippen LogP contribution in [0.3, 0.4) is 0 Å². The lowest BCUT2D eigenvalue weighted by Gasteiger charge is -2.37. The van der Waals surface area contributed by atoms with Crippen LogP contribution in [0.2, 0.25) is 0 Å². The van der Waals surface area contributed by atoms with Gasteiger partial charge in [-0.25, -0.2) is 0 Å². The van der Waals surface area contributed by atoms with Crippen LogP contribution in [0.15, 0.2) is 41.2 Å². The van der Waals surface area contributed by atoms with Gasteiger partial charge in [0.2, 0.25) is 0 Å². The highest BCUT2D eigenvalue weighted by atomic mass is 35.5.